The molecule has 6 rings (SSSR count). The van der Waals surface area contributed by atoms with Crippen LogP contribution in [0.4, 0.5) is 11.6 Å². The topological polar surface area (TPSA) is 101 Å². The second-order valence-electron chi connectivity index (χ2n) is 8.18. The second kappa shape index (κ2) is 8.03. The summed E-state index contributed by atoms with van der Waals surface area (Å²) < 4.78 is 7.68. The molecule has 2 N–H and O–H groups in total. The van der Waals surface area contributed by atoms with Gasteiger partial charge in [-0.15, -0.1) is 0 Å². The zero-order chi connectivity index (χ0) is 23.2. The number of H-pyrrole nitrogens is 1. The summed E-state index contributed by atoms with van der Waals surface area (Å²) in [6.45, 7) is 1.22. The Balaban J connectivity index is 1.38. The number of aromatic nitrogens is 5. The molecule has 0 aliphatic carbocycles. The lowest BCUT2D eigenvalue weighted by Gasteiger charge is -2.33. The minimum absolute atomic E-state index is 0.0931. The molecule has 1 atom stereocenters. The van der Waals surface area contributed by atoms with Crippen LogP contribution in [0, 0.1) is 0 Å². The molecule has 2 aromatic carbocycles. The first kappa shape index (κ1) is 20.5. The summed E-state index contributed by atoms with van der Waals surface area (Å²) in [4.78, 5) is 24.7. The first-order valence-electron chi connectivity index (χ1n) is 10.8. The third-order valence-corrected chi connectivity index (χ3v) is 6.16. The van der Waals surface area contributed by atoms with Gasteiger partial charge in [-0.05, 0) is 30.3 Å². The van der Waals surface area contributed by atoms with Crippen molar-refractivity contribution < 1.29 is 4.74 Å². The first-order valence-corrected chi connectivity index (χ1v) is 11.2. The van der Waals surface area contributed by atoms with Crippen LogP contribution in [0.25, 0.3) is 27.6 Å². The molecular weight excluding hydrogens is 454 g/mol. The molecule has 0 radical (unpaired) electrons. The number of pyridine rings is 1. The largest absolute Gasteiger partial charge is 0.485 e. The number of benzene rings is 2. The smallest absolute Gasteiger partial charge is 0.267 e. The van der Waals surface area contributed by atoms with Gasteiger partial charge in [-0.1, -0.05) is 29.8 Å². The molecule has 0 saturated heterocycles. The third kappa shape index (κ3) is 3.41. The lowest BCUT2D eigenvalue weighted by molar-refractivity contribution is 0.208. The maximum atomic E-state index is 13.3. The van der Waals surface area contributed by atoms with E-state index in [-0.39, 0.29) is 11.7 Å². The Morgan fingerprint density at radius 2 is 2.06 bits per heavy atom. The molecule has 1 aliphatic heterocycles. The molecule has 170 valence electrons. The van der Waals surface area contributed by atoms with E-state index < -0.39 is 0 Å². The summed E-state index contributed by atoms with van der Waals surface area (Å²) in [6, 6.07) is 15.1. The molecule has 34 heavy (non-hydrogen) atoms. The van der Waals surface area contributed by atoms with Gasteiger partial charge in [0.25, 0.3) is 5.56 Å². The maximum Gasteiger partial charge on any atom is 0.267 e. The van der Waals surface area contributed by atoms with Crippen molar-refractivity contribution in [1.29, 1.82) is 0 Å². The average Bonchev–Trinajstić information content (AvgIpc) is 3.34. The van der Waals surface area contributed by atoms with Crippen molar-refractivity contribution in [2.24, 2.45) is 0 Å². The van der Waals surface area contributed by atoms with Crippen LogP contribution in [0.15, 0.2) is 65.7 Å². The highest BCUT2D eigenvalue weighted by molar-refractivity contribution is 6.30. The van der Waals surface area contributed by atoms with Crippen LogP contribution in [0.2, 0.25) is 5.02 Å². The molecule has 0 amide bonds. The van der Waals surface area contributed by atoms with Crippen molar-refractivity contribution in [2.75, 3.05) is 30.4 Å². The predicted octanol–water partition coefficient (Wildman–Crippen LogP) is 3.62. The number of hydrogen-bond donors (Lipinski definition) is 2. The highest BCUT2D eigenvalue weighted by Gasteiger charge is 2.23. The van der Waals surface area contributed by atoms with E-state index in [0.717, 1.165) is 18.0 Å². The summed E-state index contributed by atoms with van der Waals surface area (Å²) in [7, 11) is 2.04. The van der Waals surface area contributed by atoms with E-state index in [0.29, 0.717) is 45.1 Å². The summed E-state index contributed by atoms with van der Waals surface area (Å²) in [5.74, 6) is 1.24. The fourth-order valence-corrected chi connectivity index (χ4v) is 4.52. The van der Waals surface area contributed by atoms with Crippen molar-refractivity contribution >= 4 is 45.2 Å². The molecule has 4 heterocycles. The summed E-state index contributed by atoms with van der Waals surface area (Å²) >= 11 is 6.21. The summed E-state index contributed by atoms with van der Waals surface area (Å²) in [6.07, 6.45) is 3.11. The number of nitrogens with one attached hydrogen (secondary N) is 2. The average molecular weight is 474 g/mol. The zero-order valence-electron chi connectivity index (χ0n) is 18.2. The lowest BCUT2D eigenvalue weighted by Crippen LogP contribution is -2.41. The Morgan fingerprint density at radius 3 is 2.94 bits per heavy atom. The Kier molecular flexibility index (Phi) is 4.84. The van der Waals surface area contributed by atoms with Crippen molar-refractivity contribution in [3.8, 4) is 11.4 Å². The number of anilines is 2. The van der Waals surface area contributed by atoms with Crippen LogP contribution >= 0.6 is 11.6 Å². The highest BCUT2D eigenvalue weighted by atomic mass is 35.5. The van der Waals surface area contributed by atoms with Crippen LogP contribution in [-0.4, -0.2) is 51.0 Å². The lowest BCUT2D eigenvalue weighted by atomic mass is 10.2. The Hall–Kier alpha value is -4.11. The molecule has 9 nitrogen and oxygen atoms in total. The number of nitrogens with zero attached hydrogens (tertiary/aromatic N) is 5. The van der Waals surface area contributed by atoms with Gasteiger partial charge in [0.05, 0.1) is 47.0 Å². The van der Waals surface area contributed by atoms with Crippen molar-refractivity contribution in [1.82, 2.24) is 24.7 Å². The molecule has 0 spiro atoms. The van der Waals surface area contributed by atoms with Crippen LogP contribution < -0.4 is 20.5 Å². The van der Waals surface area contributed by atoms with Gasteiger partial charge in [0.2, 0.25) is 5.95 Å². The summed E-state index contributed by atoms with van der Waals surface area (Å²) in [5, 5.41) is 11.9. The van der Waals surface area contributed by atoms with Gasteiger partial charge in [-0.25, -0.2) is 4.98 Å². The molecule has 10 heteroatoms. The predicted molar refractivity (Wildman–Crippen MR) is 132 cm³/mol. The number of aromatic amines is 1. The van der Waals surface area contributed by atoms with Gasteiger partial charge in [0.1, 0.15) is 11.9 Å². The van der Waals surface area contributed by atoms with Crippen LogP contribution in [0.3, 0.4) is 0 Å². The Labute approximate surface area is 199 Å². The van der Waals surface area contributed by atoms with E-state index in [1.807, 2.05) is 37.4 Å². The minimum Gasteiger partial charge on any atom is -0.485 e. The Bertz CT molecular complexity index is 1600. The number of fused-ring (bicyclic) bond motifs is 4. The minimum atomic E-state index is -0.239. The van der Waals surface area contributed by atoms with Gasteiger partial charge in [0.15, 0.2) is 5.65 Å². The fraction of sp³-hybridized carbons (Fsp3) is 0.167. The van der Waals surface area contributed by atoms with Gasteiger partial charge in [-0.3, -0.25) is 14.5 Å². The van der Waals surface area contributed by atoms with Gasteiger partial charge in [-0.2, -0.15) is 10.1 Å². The van der Waals surface area contributed by atoms with Crippen molar-refractivity contribution in [2.45, 2.75) is 6.10 Å². The normalized spacial score (nSPS) is 15.4. The van der Waals surface area contributed by atoms with Crippen LogP contribution in [0.1, 0.15) is 0 Å². The SMILES string of the molecule is CN1CC(CNc2ncc3c4[nH]ncc4c(=O)n(-c4cccc(Cl)c4)c3n2)Oc2ccccc21. The molecule has 1 aliphatic rings. The zero-order valence-corrected chi connectivity index (χ0v) is 19.0. The molecule has 1 unspecified atom stereocenters. The van der Waals surface area contributed by atoms with E-state index >= 15 is 0 Å². The van der Waals surface area contributed by atoms with Gasteiger partial charge >= 0.3 is 0 Å². The Morgan fingerprint density at radius 1 is 1.18 bits per heavy atom. The quantitative estimate of drug-likeness (QED) is 0.411. The highest BCUT2D eigenvalue weighted by Crippen LogP contribution is 2.32. The van der Waals surface area contributed by atoms with E-state index in [9.17, 15) is 4.79 Å². The van der Waals surface area contributed by atoms with E-state index in [1.54, 1.807) is 24.4 Å². The van der Waals surface area contributed by atoms with Gasteiger partial charge in [0, 0.05) is 18.3 Å². The van der Waals surface area contributed by atoms with Gasteiger partial charge < -0.3 is 15.0 Å². The fourth-order valence-electron chi connectivity index (χ4n) is 4.33. The maximum absolute atomic E-state index is 13.3. The second-order valence-corrected chi connectivity index (χ2v) is 8.62. The number of rotatable bonds is 4. The number of ether oxygens (including phenoxy) is 1. The first-order chi connectivity index (χ1) is 16.6. The number of hydrogen-bond acceptors (Lipinski definition) is 7. The number of para-hydroxylation sites is 2. The molecule has 0 saturated carbocycles. The van der Waals surface area contributed by atoms with E-state index in [4.69, 9.17) is 21.3 Å². The molecule has 3 aromatic heterocycles. The third-order valence-electron chi connectivity index (χ3n) is 5.92. The van der Waals surface area contributed by atoms with Crippen LogP contribution in [0.5, 0.6) is 5.75 Å². The number of likely N-dealkylation sites (N-methyl/N-ethyl adjacent to an activating group) is 1. The molecular formula is C24H20ClN7O2. The monoisotopic (exact) mass is 473 g/mol. The van der Waals surface area contributed by atoms with E-state index in [2.05, 4.69) is 25.4 Å². The molecule has 0 bridgehead atoms. The summed E-state index contributed by atoms with van der Waals surface area (Å²) in [5.41, 5.74) is 2.49. The standard InChI is InChI=1S/C24H20ClN7O2/c1-31-13-16(34-20-8-3-2-7-19(20)31)10-26-24-27-11-17-21-18(12-28-30-21)23(33)32(22(17)29-24)15-6-4-5-14(25)9-15/h2-9,11-12,16H,10,13H2,1H3,(H,28,30)(H,26,27,29). The number of halogens is 1. The van der Waals surface area contributed by atoms with Crippen LogP contribution in [-0.2, 0) is 0 Å². The molecule has 0 fully saturated rings. The van der Waals surface area contributed by atoms with E-state index in [1.165, 1.54) is 10.8 Å². The van der Waals surface area contributed by atoms with Crippen molar-refractivity contribution in [3.05, 3.63) is 76.3 Å². The molecule has 5 aromatic rings. The van der Waals surface area contributed by atoms with Crippen molar-refractivity contribution in [3.63, 3.8) is 0 Å².